The number of hydrogen-bond acceptors (Lipinski definition) is 5. The molecule has 27 heavy (non-hydrogen) atoms. The van der Waals surface area contributed by atoms with Crippen molar-refractivity contribution in [2.75, 3.05) is 31.1 Å². The molecule has 0 bridgehead atoms. The van der Waals surface area contributed by atoms with Crippen LogP contribution in [0.15, 0.2) is 18.2 Å². The van der Waals surface area contributed by atoms with Gasteiger partial charge in [0, 0.05) is 36.9 Å². The monoisotopic (exact) mass is 390 g/mol. The van der Waals surface area contributed by atoms with E-state index in [-0.39, 0.29) is 11.6 Å². The number of anilines is 1. The number of tetrazole rings is 1. The van der Waals surface area contributed by atoms with Crippen LogP contribution in [-0.4, -0.2) is 51.3 Å². The molecule has 0 amide bonds. The lowest BCUT2D eigenvalue weighted by atomic mass is 10.0. The molecule has 1 aliphatic rings. The van der Waals surface area contributed by atoms with Crippen molar-refractivity contribution in [2.45, 2.75) is 59.0 Å². The third-order valence-electron chi connectivity index (χ3n) is 5.88. The van der Waals surface area contributed by atoms with Crippen LogP contribution in [-0.2, 0) is 5.54 Å². The number of piperazine rings is 1. The molecule has 1 aliphatic heterocycles. The van der Waals surface area contributed by atoms with Gasteiger partial charge in [-0.25, -0.2) is 4.68 Å². The van der Waals surface area contributed by atoms with E-state index in [9.17, 15) is 0 Å². The molecule has 1 aromatic carbocycles. The number of hydrogen-bond donors (Lipinski definition) is 0. The van der Waals surface area contributed by atoms with Crippen molar-refractivity contribution < 1.29 is 0 Å². The molecule has 1 fully saturated rings. The summed E-state index contributed by atoms with van der Waals surface area (Å²) in [5.41, 5.74) is 2.44. The van der Waals surface area contributed by atoms with E-state index >= 15 is 0 Å². The van der Waals surface area contributed by atoms with Gasteiger partial charge in [-0.15, -0.1) is 5.10 Å². The molecular formula is C20H31ClN6. The lowest BCUT2D eigenvalue weighted by Crippen LogP contribution is -2.48. The van der Waals surface area contributed by atoms with Gasteiger partial charge >= 0.3 is 0 Å². The van der Waals surface area contributed by atoms with Gasteiger partial charge in [0.1, 0.15) is 0 Å². The molecule has 1 saturated heterocycles. The largest absolute Gasteiger partial charge is 0.369 e. The van der Waals surface area contributed by atoms with Crippen LogP contribution in [0.1, 0.15) is 58.0 Å². The third kappa shape index (κ3) is 4.11. The van der Waals surface area contributed by atoms with Crippen molar-refractivity contribution in [1.29, 1.82) is 0 Å². The number of benzene rings is 1. The van der Waals surface area contributed by atoms with E-state index < -0.39 is 0 Å². The smallest absolute Gasteiger partial charge is 0.168 e. The number of rotatable bonds is 6. The van der Waals surface area contributed by atoms with Crippen molar-refractivity contribution in [3.05, 3.63) is 34.6 Å². The first-order valence-corrected chi connectivity index (χ1v) is 10.3. The maximum Gasteiger partial charge on any atom is 0.168 e. The summed E-state index contributed by atoms with van der Waals surface area (Å²) in [5.74, 6) is 0.983. The second kappa shape index (κ2) is 8.15. The summed E-state index contributed by atoms with van der Waals surface area (Å²) >= 11 is 6.22. The third-order valence-corrected chi connectivity index (χ3v) is 6.12. The summed E-state index contributed by atoms with van der Waals surface area (Å²) in [6, 6.07) is 6.38. The van der Waals surface area contributed by atoms with E-state index in [0.717, 1.165) is 49.9 Å². The van der Waals surface area contributed by atoms with Crippen molar-refractivity contribution in [3.8, 4) is 0 Å². The van der Waals surface area contributed by atoms with E-state index in [2.05, 4.69) is 72.1 Å². The highest BCUT2D eigenvalue weighted by atomic mass is 35.5. The molecule has 0 unspecified atom stereocenters. The Balaban J connectivity index is 1.75. The fourth-order valence-corrected chi connectivity index (χ4v) is 3.95. The molecule has 7 heteroatoms. The van der Waals surface area contributed by atoms with Crippen LogP contribution in [0.5, 0.6) is 0 Å². The predicted octanol–water partition coefficient (Wildman–Crippen LogP) is 4.05. The Labute approximate surface area is 167 Å². The Bertz CT molecular complexity index is 764. The molecule has 6 nitrogen and oxygen atoms in total. The number of aryl methyl sites for hydroxylation is 1. The summed E-state index contributed by atoms with van der Waals surface area (Å²) in [4.78, 5) is 4.95. The van der Waals surface area contributed by atoms with E-state index in [4.69, 9.17) is 11.6 Å². The lowest BCUT2D eigenvalue weighted by molar-refractivity contribution is 0.158. The van der Waals surface area contributed by atoms with Gasteiger partial charge in [0.2, 0.25) is 0 Å². The molecule has 0 N–H and O–H groups in total. The molecular weight excluding hydrogens is 360 g/mol. The minimum Gasteiger partial charge on any atom is -0.369 e. The van der Waals surface area contributed by atoms with Gasteiger partial charge in [-0.1, -0.05) is 31.5 Å². The average Bonchev–Trinajstić information content (AvgIpc) is 3.15. The fourth-order valence-electron chi connectivity index (χ4n) is 3.78. The van der Waals surface area contributed by atoms with Crippen LogP contribution in [0.2, 0.25) is 5.02 Å². The maximum atomic E-state index is 6.22. The summed E-state index contributed by atoms with van der Waals surface area (Å²) in [5, 5.41) is 13.5. The SMILES string of the molecule is CC[C@H](c1nnnn1C(C)(C)CC)N1CCN(c2cc(Cl)ccc2C)CC1. The number of aromatic nitrogens is 4. The van der Waals surface area contributed by atoms with E-state index in [0.29, 0.717) is 0 Å². The summed E-state index contributed by atoms with van der Waals surface area (Å²) in [6.07, 6.45) is 1.99. The highest BCUT2D eigenvalue weighted by molar-refractivity contribution is 6.30. The Morgan fingerprint density at radius 3 is 2.48 bits per heavy atom. The number of nitrogens with zero attached hydrogens (tertiary/aromatic N) is 6. The molecule has 1 aromatic heterocycles. The first-order valence-electron chi connectivity index (χ1n) is 9.91. The van der Waals surface area contributed by atoms with Crippen molar-refractivity contribution in [3.63, 3.8) is 0 Å². The van der Waals surface area contributed by atoms with Crippen molar-refractivity contribution >= 4 is 17.3 Å². The average molecular weight is 391 g/mol. The van der Waals surface area contributed by atoms with Gasteiger partial charge in [0.05, 0.1) is 11.6 Å². The van der Waals surface area contributed by atoms with Crippen LogP contribution in [0.4, 0.5) is 5.69 Å². The molecule has 2 heterocycles. The lowest BCUT2D eigenvalue weighted by Gasteiger charge is -2.40. The molecule has 148 valence electrons. The van der Waals surface area contributed by atoms with E-state index in [1.807, 2.05) is 10.7 Å². The first-order chi connectivity index (χ1) is 12.9. The maximum absolute atomic E-state index is 6.22. The van der Waals surface area contributed by atoms with Gasteiger partial charge in [-0.2, -0.15) is 0 Å². The molecule has 0 radical (unpaired) electrons. The highest BCUT2D eigenvalue weighted by Gasteiger charge is 2.32. The van der Waals surface area contributed by atoms with Gasteiger partial charge in [0.25, 0.3) is 0 Å². The van der Waals surface area contributed by atoms with Crippen LogP contribution in [0.25, 0.3) is 0 Å². The molecule has 2 aromatic rings. The Kier molecular flexibility index (Phi) is 6.06. The standard InChI is InChI=1S/C20H31ClN6/c1-6-17(19-22-23-24-27(19)20(4,5)7-2)25-10-12-26(13-11-25)18-14-16(21)9-8-15(18)3/h8-9,14,17H,6-7,10-13H2,1-5H3/t17-/m1/s1. The highest BCUT2D eigenvalue weighted by Crippen LogP contribution is 2.30. The van der Waals surface area contributed by atoms with Crippen LogP contribution in [0.3, 0.4) is 0 Å². The minimum atomic E-state index is -0.0774. The molecule has 1 atom stereocenters. The Morgan fingerprint density at radius 1 is 1.15 bits per heavy atom. The molecule has 0 aliphatic carbocycles. The van der Waals surface area contributed by atoms with E-state index in [1.54, 1.807) is 0 Å². The quantitative estimate of drug-likeness (QED) is 0.744. The summed E-state index contributed by atoms with van der Waals surface area (Å²) in [6.45, 7) is 14.9. The van der Waals surface area contributed by atoms with Gasteiger partial charge in [0.15, 0.2) is 5.82 Å². The normalized spacial score (nSPS) is 17.3. The second-order valence-corrected chi connectivity index (χ2v) is 8.43. The number of halogens is 1. The Morgan fingerprint density at radius 2 is 1.85 bits per heavy atom. The molecule has 3 rings (SSSR count). The zero-order valence-electron chi connectivity index (χ0n) is 17.1. The predicted molar refractivity (Wildman–Crippen MR) is 110 cm³/mol. The van der Waals surface area contributed by atoms with Gasteiger partial charge in [-0.3, -0.25) is 4.90 Å². The van der Waals surface area contributed by atoms with Crippen LogP contribution < -0.4 is 4.90 Å². The minimum absolute atomic E-state index is 0.0774. The van der Waals surface area contributed by atoms with Crippen molar-refractivity contribution in [2.24, 2.45) is 0 Å². The van der Waals surface area contributed by atoms with E-state index in [1.165, 1.54) is 11.3 Å². The van der Waals surface area contributed by atoms with Crippen LogP contribution in [0, 0.1) is 6.92 Å². The van der Waals surface area contributed by atoms with Crippen LogP contribution >= 0.6 is 11.6 Å². The fraction of sp³-hybridized carbons (Fsp3) is 0.650. The summed E-state index contributed by atoms with van der Waals surface area (Å²) in [7, 11) is 0. The zero-order valence-corrected chi connectivity index (χ0v) is 17.9. The van der Waals surface area contributed by atoms with Crippen molar-refractivity contribution in [1.82, 2.24) is 25.1 Å². The zero-order chi connectivity index (χ0) is 19.6. The Hall–Kier alpha value is -1.66. The van der Waals surface area contributed by atoms with Gasteiger partial charge in [-0.05, 0) is 61.7 Å². The topological polar surface area (TPSA) is 50.1 Å². The van der Waals surface area contributed by atoms with Gasteiger partial charge < -0.3 is 4.90 Å². The molecule has 0 saturated carbocycles. The first kappa shape index (κ1) is 20.1. The summed E-state index contributed by atoms with van der Waals surface area (Å²) < 4.78 is 2.02. The molecule has 0 spiro atoms. The second-order valence-electron chi connectivity index (χ2n) is 7.99.